The summed E-state index contributed by atoms with van der Waals surface area (Å²) in [5.41, 5.74) is 5.27. The van der Waals surface area contributed by atoms with Crippen molar-refractivity contribution in [3.63, 3.8) is 0 Å². The number of hydrogen-bond acceptors (Lipinski definition) is 3. The SMILES string of the molecule is COCC(=O)NCC(C)(C)N. The van der Waals surface area contributed by atoms with Crippen LogP contribution in [0.4, 0.5) is 0 Å². The van der Waals surface area contributed by atoms with Crippen LogP contribution in [0.25, 0.3) is 0 Å². The lowest BCUT2D eigenvalue weighted by atomic mass is 10.1. The zero-order valence-electron chi connectivity index (χ0n) is 7.31. The third-order valence-electron chi connectivity index (χ3n) is 1.02. The molecule has 3 N–H and O–H groups in total. The number of nitrogens with two attached hydrogens (primary N) is 1. The van der Waals surface area contributed by atoms with Gasteiger partial charge in [-0.05, 0) is 13.8 Å². The van der Waals surface area contributed by atoms with Gasteiger partial charge in [0.15, 0.2) is 0 Å². The van der Waals surface area contributed by atoms with Gasteiger partial charge in [-0.3, -0.25) is 4.79 Å². The molecule has 4 heteroatoms. The van der Waals surface area contributed by atoms with Gasteiger partial charge in [0.1, 0.15) is 6.61 Å². The predicted molar refractivity (Wildman–Crippen MR) is 43.2 cm³/mol. The van der Waals surface area contributed by atoms with Gasteiger partial charge in [0.2, 0.25) is 5.91 Å². The van der Waals surface area contributed by atoms with Crippen LogP contribution in [0.2, 0.25) is 0 Å². The number of ether oxygens (including phenoxy) is 1. The molecule has 0 saturated carbocycles. The van der Waals surface area contributed by atoms with Gasteiger partial charge in [-0.1, -0.05) is 0 Å². The highest BCUT2D eigenvalue weighted by molar-refractivity contribution is 5.77. The fourth-order valence-corrected chi connectivity index (χ4v) is 0.509. The zero-order valence-corrected chi connectivity index (χ0v) is 7.31. The Bertz CT molecular complexity index is 129. The van der Waals surface area contributed by atoms with Crippen molar-refractivity contribution in [1.29, 1.82) is 0 Å². The summed E-state index contributed by atoms with van der Waals surface area (Å²) in [4.78, 5) is 10.8. The highest BCUT2D eigenvalue weighted by Crippen LogP contribution is 1.91. The molecule has 66 valence electrons. The highest BCUT2D eigenvalue weighted by atomic mass is 16.5. The molecule has 0 aliphatic carbocycles. The summed E-state index contributed by atoms with van der Waals surface area (Å²) < 4.78 is 4.62. The van der Waals surface area contributed by atoms with Crippen LogP contribution < -0.4 is 11.1 Å². The zero-order chi connectivity index (χ0) is 8.91. The van der Waals surface area contributed by atoms with Gasteiger partial charge in [0, 0.05) is 19.2 Å². The Hall–Kier alpha value is -0.610. The molecule has 0 saturated heterocycles. The molecule has 0 aliphatic rings. The van der Waals surface area contributed by atoms with Crippen molar-refractivity contribution in [3.05, 3.63) is 0 Å². The van der Waals surface area contributed by atoms with E-state index in [9.17, 15) is 4.79 Å². The van der Waals surface area contributed by atoms with Crippen LogP contribution in [0, 0.1) is 0 Å². The Morgan fingerprint density at radius 2 is 2.18 bits per heavy atom. The van der Waals surface area contributed by atoms with Crippen LogP contribution in [0.5, 0.6) is 0 Å². The Morgan fingerprint density at radius 1 is 1.64 bits per heavy atom. The monoisotopic (exact) mass is 160 g/mol. The van der Waals surface area contributed by atoms with Gasteiger partial charge in [-0.15, -0.1) is 0 Å². The first-order valence-electron chi connectivity index (χ1n) is 3.50. The van der Waals surface area contributed by atoms with Crippen molar-refractivity contribution in [1.82, 2.24) is 5.32 Å². The van der Waals surface area contributed by atoms with E-state index in [0.717, 1.165) is 0 Å². The number of carbonyl (C=O) groups excluding carboxylic acids is 1. The normalized spacial score (nSPS) is 11.3. The molecule has 0 unspecified atom stereocenters. The van der Waals surface area contributed by atoms with Crippen molar-refractivity contribution in [2.45, 2.75) is 19.4 Å². The largest absolute Gasteiger partial charge is 0.375 e. The standard InChI is InChI=1S/C7H16N2O2/c1-7(2,8)5-9-6(10)4-11-3/h4-5,8H2,1-3H3,(H,9,10). The molecule has 0 atom stereocenters. The molecule has 0 aromatic rings. The van der Waals surface area contributed by atoms with Gasteiger partial charge in [-0.25, -0.2) is 0 Å². The first-order valence-corrected chi connectivity index (χ1v) is 3.50. The number of methoxy groups -OCH3 is 1. The van der Waals surface area contributed by atoms with Gasteiger partial charge in [-0.2, -0.15) is 0 Å². The van der Waals surface area contributed by atoms with Gasteiger partial charge in [0.05, 0.1) is 0 Å². The molecule has 0 aromatic carbocycles. The number of carbonyl (C=O) groups is 1. The number of nitrogens with one attached hydrogen (secondary N) is 1. The Morgan fingerprint density at radius 3 is 2.55 bits per heavy atom. The number of rotatable bonds is 4. The van der Waals surface area contributed by atoms with E-state index in [0.29, 0.717) is 6.54 Å². The fourth-order valence-electron chi connectivity index (χ4n) is 0.509. The average molecular weight is 160 g/mol. The van der Waals surface area contributed by atoms with Crippen molar-refractivity contribution in [2.75, 3.05) is 20.3 Å². The van der Waals surface area contributed by atoms with E-state index in [4.69, 9.17) is 5.73 Å². The maximum Gasteiger partial charge on any atom is 0.246 e. The van der Waals surface area contributed by atoms with E-state index in [1.54, 1.807) is 0 Å². The summed E-state index contributed by atoms with van der Waals surface area (Å²) in [5.74, 6) is -0.133. The number of amides is 1. The van der Waals surface area contributed by atoms with Crippen molar-refractivity contribution >= 4 is 5.91 Å². The molecule has 11 heavy (non-hydrogen) atoms. The average Bonchev–Trinajstić information content (AvgIpc) is 1.83. The summed E-state index contributed by atoms with van der Waals surface area (Å²) in [5, 5.41) is 2.63. The van der Waals surface area contributed by atoms with Crippen molar-refractivity contribution in [3.8, 4) is 0 Å². The third kappa shape index (κ3) is 7.29. The topological polar surface area (TPSA) is 64.3 Å². The Kier molecular flexibility index (Phi) is 4.07. The van der Waals surface area contributed by atoms with Crippen molar-refractivity contribution in [2.24, 2.45) is 5.73 Å². The van der Waals surface area contributed by atoms with Crippen LogP contribution in [0.15, 0.2) is 0 Å². The van der Waals surface area contributed by atoms with Crippen LogP contribution in [0.3, 0.4) is 0 Å². The Labute approximate surface area is 67.1 Å². The van der Waals surface area contributed by atoms with Crippen LogP contribution >= 0.6 is 0 Å². The molecular weight excluding hydrogens is 144 g/mol. The molecule has 0 aliphatic heterocycles. The second-order valence-electron chi connectivity index (χ2n) is 3.20. The summed E-state index contributed by atoms with van der Waals surface area (Å²) in [7, 11) is 1.48. The first-order chi connectivity index (χ1) is 4.95. The lowest BCUT2D eigenvalue weighted by Gasteiger charge is -2.18. The summed E-state index contributed by atoms with van der Waals surface area (Å²) >= 11 is 0. The van der Waals surface area contributed by atoms with E-state index >= 15 is 0 Å². The van der Waals surface area contributed by atoms with Gasteiger partial charge >= 0.3 is 0 Å². The minimum Gasteiger partial charge on any atom is -0.375 e. The van der Waals surface area contributed by atoms with E-state index in [1.165, 1.54) is 7.11 Å². The second kappa shape index (κ2) is 4.31. The third-order valence-corrected chi connectivity index (χ3v) is 1.02. The summed E-state index contributed by atoms with van der Waals surface area (Å²) in [6, 6.07) is 0. The molecule has 0 aromatic heterocycles. The smallest absolute Gasteiger partial charge is 0.246 e. The summed E-state index contributed by atoms with van der Waals surface area (Å²) in [6.07, 6.45) is 0. The molecular formula is C7H16N2O2. The lowest BCUT2D eigenvalue weighted by Crippen LogP contribution is -2.45. The molecule has 0 rings (SSSR count). The molecule has 0 fully saturated rings. The highest BCUT2D eigenvalue weighted by Gasteiger charge is 2.11. The second-order valence-corrected chi connectivity index (χ2v) is 3.20. The fraction of sp³-hybridized carbons (Fsp3) is 0.857. The minimum absolute atomic E-state index is 0.0933. The number of hydrogen-bond donors (Lipinski definition) is 2. The van der Waals surface area contributed by atoms with E-state index in [2.05, 4.69) is 10.1 Å². The van der Waals surface area contributed by atoms with Crippen LogP contribution in [0.1, 0.15) is 13.8 Å². The van der Waals surface area contributed by atoms with Gasteiger partial charge in [0.25, 0.3) is 0 Å². The first kappa shape index (κ1) is 10.4. The van der Waals surface area contributed by atoms with Crippen molar-refractivity contribution < 1.29 is 9.53 Å². The quantitative estimate of drug-likeness (QED) is 0.582. The van der Waals surface area contributed by atoms with E-state index < -0.39 is 0 Å². The molecule has 0 spiro atoms. The molecule has 4 nitrogen and oxygen atoms in total. The lowest BCUT2D eigenvalue weighted by molar-refractivity contribution is -0.124. The predicted octanol–water partition coefficient (Wildman–Crippen LogP) is -0.514. The maximum absolute atomic E-state index is 10.8. The maximum atomic E-state index is 10.8. The van der Waals surface area contributed by atoms with Gasteiger partial charge < -0.3 is 15.8 Å². The minimum atomic E-state index is -0.358. The Balaban J connectivity index is 3.46. The molecule has 0 heterocycles. The molecule has 1 amide bonds. The van der Waals surface area contributed by atoms with Crippen LogP contribution in [-0.4, -0.2) is 31.7 Å². The van der Waals surface area contributed by atoms with E-state index in [-0.39, 0.29) is 18.1 Å². The molecule has 0 radical (unpaired) electrons. The van der Waals surface area contributed by atoms with E-state index in [1.807, 2.05) is 13.8 Å². The summed E-state index contributed by atoms with van der Waals surface area (Å²) in [6.45, 7) is 4.26. The molecule has 0 bridgehead atoms. The van der Waals surface area contributed by atoms with Crippen LogP contribution in [-0.2, 0) is 9.53 Å².